The Morgan fingerprint density at radius 3 is 2.17 bits per heavy atom. The normalized spacial score (nSPS) is 13.7. The minimum Gasteiger partial charge on any atom is -0.309 e. The maximum absolute atomic E-state index is 13.1. The maximum atomic E-state index is 13.1. The predicted octanol–water partition coefficient (Wildman–Crippen LogP) is 7.46. The number of carbonyl (C=O) groups is 2. The van der Waals surface area contributed by atoms with Gasteiger partial charge in [-0.2, -0.15) is 0 Å². The number of hydrogen-bond acceptors (Lipinski definition) is 4. The van der Waals surface area contributed by atoms with Crippen molar-refractivity contribution in [1.29, 1.82) is 0 Å². The van der Waals surface area contributed by atoms with E-state index in [9.17, 15) is 9.59 Å². The van der Waals surface area contributed by atoms with E-state index in [2.05, 4.69) is 59.3 Å². The SMILES string of the molecule is Cc1ccc(N2c3ccncc3-c3cccc4c(C=C5C(=O)c6ccccc6C5=O)ccc2c34)cc1. The molecule has 2 heterocycles. The number of aryl methyl sites for hydroxylation is 1. The minimum atomic E-state index is -0.216. The largest absolute Gasteiger partial charge is 0.309 e. The Bertz CT molecular complexity index is 1740. The summed E-state index contributed by atoms with van der Waals surface area (Å²) in [5.41, 5.74) is 8.51. The molecule has 2 aliphatic rings. The van der Waals surface area contributed by atoms with Crippen molar-refractivity contribution in [3.05, 3.63) is 125 Å². The van der Waals surface area contributed by atoms with Crippen LogP contribution in [0, 0.1) is 6.92 Å². The molecule has 1 aliphatic heterocycles. The van der Waals surface area contributed by atoms with E-state index in [1.807, 2.05) is 30.6 Å². The summed E-state index contributed by atoms with van der Waals surface area (Å²) in [6.07, 6.45) is 5.47. The second-order valence-electron chi connectivity index (χ2n) is 9.23. The summed E-state index contributed by atoms with van der Waals surface area (Å²) in [6, 6.07) is 27.8. The highest BCUT2D eigenvalue weighted by atomic mass is 16.2. The van der Waals surface area contributed by atoms with Gasteiger partial charge in [-0.3, -0.25) is 14.6 Å². The molecule has 170 valence electrons. The van der Waals surface area contributed by atoms with Crippen molar-refractivity contribution in [3.63, 3.8) is 0 Å². The molecule has 0 saturated heterocycles. The molecule has 4 nitrogen and oxygen atoms in total. The van der Waals surface area contributed by atoms with Crippen molar-refractivity contribution < 1.29 is 9.59 Å². The monoisotopic (exact) mass is 464 g/mol. The molecular weight excluding hydrogens is 444 g/mol. The van der Waals surface area contributed by atoms with Crippen molar-refractivity contribution in [1.82, 2.24) is 4.98 Å². The Kier molecular flexibility index (Phi) is 4.33. The fraction of sp³-hybridized carbons (Fsp3) is 0.0312. The van der Waals surface area contributed by atoms with Crippen LogP contribution in [0.5, 0.6) is 0 Å². The number of hydrogen-bond donors (Lipinski definition) is 0. The third-order valence-electron chi connectivity index (χ3n) is 7.12. The first kappa shape index (κ1) is 20.5. The smallest absolute Gasteiger partial charge is 0.197 e. The highest BCUT2D eigenvalue weighted by molar-refractivity contribution is 6.41. The first-order valence-electron chi connectivity index (χ1n) is 11.9. The van der Waals surface area contributed by atoms with Crippen LogP contribution in [-0.4, -0.2) is 16.6 Å². The van der Waals surface area contributed by atoms with Crippen molar-refractivity contribution in [2.45, 2.75) is 6.92 Å². The molecule has 0 fully saturated rings. The summed E-state index contributed by atoms with van der Waals surface area (Å²) < 4.78 is 0. The van der Waals surface area contributed by atoms with Gasteiger partial charge in [0.1, 0.15) is 0 Å². The Labute approximate surface area is 208 Å². The lowest BCUT2D eigenvalue weighted by Gasteiger charge is -2.33. The molecule has 4 aromatic carbocycles. The maximum Gasteiger partial charge on any atom is 0.197 e. The van der Waals surface area contributed by atoms with E-state index in [-0.39, 0.29) is 17.1 Å². The van der Waals surface area contributed by atoms with Gasteiger partial charge in [-0.25, -0.2) is 0 Å². The number of Topliss-reactive ketones (excluding diaryl/α,β-unsaturated/α-hetero) is 2. The molecule has 0 unspecified atom stereocenters. The number of allylic oxidation sites excluding steroid dienone is 1. The van der Waals surface area contributed by atoms with Gasteiger partial charge in [0, 0.05) is 40.2 Å². The average molecular weight is 465 g/mol. The Morgan fingerprint density at radius 2 is 1.42 bits per heavy atom. The number of benzene rings is 4. The van der Waals surface area contributed by atoms with E-state index in [0.29, 0.717) is 11.1 Å². The lowest BCUT2D eigenvalue weighted by Crippen LogP contribution is -2.15. The zero-order valence-electron chi connectivity index (χ0n) is 19.5. The molecule has 5 aromatic rings. The topological polar surface area (TPSA) is 50.3 Å². The number of anilines is 3. The zero-order chi connectivity index (χ0) is 24.4. The van der Waals surface area contributed by atoms with Crippen LogP contribution in [0.25, 0.3) is 28.0 Å². The van der Waals surface area contributed by atoms with Crippen LogP contribution in [-0.2, 0) is 0 Å². The second kappa shape index (κ2) is 7.59. The highest BCUT2D eigenvalue weighted by Crippen LogP contribution is 2.51. The molecule has 0 amide bonds. The van der Waals surface area contributed by atoms with Gasteiger partial charge in [0.05, 0.1) is 16.9 Å². The molecule has 1 aromatic heterocycles. The Morgan fingerprint density at radius 1 is 0.694 bits per heavy atom. The molecule has 0 N–H and O–H groups in total. The van der Waals surface area contributed by atoms with Gasteiger partial charge < -0.3 is 4.90 Å². The van der Waals surface area contributed by atoms with Crippen LogP contribution >= 0.6 is 0 Å². The molecule has 7 rings (SSSR count). The van der Waals surface area contributed by atoms with Crippen LogP contribution in [0.4, 0.5) is 17.1 Å². The van der Waals surface area contributed by atoms with Crippen molar-refractivity contribution in [2.75, 3.05) is 4.90 Å². The molecule has 36 heavy (non-hydrogen) atoms. The van der Waals surface area contributed by atoms with Crippen molar-refractivity contribution >= 4 is 45.5 Å². The summed E-state index contributed by atoms with van der Waals surface area (Å²) in [5.74, 6) is -0.432. The zero-order valence-corrected chi connectivity index (χ0v) is 19.5. The standard InChI is InChI=1S/C32H20N2O2/c1-19-9-12-21(13-10-19)34-28-15-16-33-18-27(28)23-8-4-7-22-20(11-14-29(34)30(22)23)17-26-31(35)24-5-2-3-6-25(24)32(26)36/h2-18H,1H3. The first-order chi connectivity index (χ1) is 17.6. The Balaban J connectivity index is 1.48. The van der Waals surface area contributed by atoms with Crippen molar-refractivity contribution in [2.24, 2.45) is 0 Å². The molecule has 0 saturated carbocycles. The number of carbonyl (C=O) groups excluding carboxylic acids is 2. The molecule has 0 radical (unpaired) electrons. The van der Waals surface area contributed by atoms with Crippen LogP contribution in [0.3, 0.4) is 0 Å². The number of pyridine rings is 1. The van der Waals surface area contributed by atoms with Gasteiger partial charge in [-0.1, -0.05) is 66.2 Å². The van der Waals surface area contributed by atoms with Gasteiger partial charge in [-0.15, -0.1) is 0 Å². The quantitative estimate of drug-likeness (QED) is 0.197. The van der Waals surface area contributed by atoms with E-state index in [0.717, 1.165) is 44.5 Å². The van der Waals surface area contributed by atoms with E-state index >= 15 is 0 Å². The summed E-state index contributed by atoms with van der Waals surface area (Å²) >= 11 is 0. The van der Waals surface area contributed by atoms with E-state index in [1.54, 1.807) is 30.3 Å². The van der Waals surface area contributed by atoms with Gasteiger partial charge in [0.2, 0.25) is 0 Å². The summed E-state index contributed by atoms with van der Waals surface area (Å²) in [7, 11) is 0. The lowest BCUT2D eigenvalue weighted by atomic mass is 9.89. The number of rotatable bonds is 2. The molecule has 0 spiro atoms. The molecule has 0 bridgehead atoms. The van der Waals surface area contributed by atoms with Crippen LogP contribution in [0.15, 0.2) is 103 Å². The predicted molar refractivity (Wildman–Crippen MR) is 143 cm³/mol. The molecule has 1 aliphatic carbocycles. The van der Waals surface area contributed by atoms with Gasteiger partial charge in [-0.05, 0) is 53.8 Å². The van der Waals surface area contributed by atoms with E-state index in [4.69, 9.17) is 0 Å². The lowest BCUT2D eigenvalue weighted by molar-refractivity contribution is 0.0990. The Hall–Kier alpha value is -4.83. The fourth-order valence-corrected chi connectivity index (χ4v) is 5.40. The summed E-state index contributed by atoms with van der Waals surface area (Å²) in [4.78, 5) is 32.8. The van der Waals surface area contributed by atoms with Gasteiger partial charge in [0.15, 0.2) is 11.6 Å². The van der Waals surface area contributed by atoms with Crippen LogP contribution < -0.4 is 4.90 Å². The average Bonchev–Trinajstić information content (AvgIpc) is 3.16. The van der Waals surface area contributed by atoms with Crippen molar-refractivity contribution in [3.8, 4) is 11.1 Å². The number of ketones is 2. The molecular formula is C32H20N2O2. The third kappa shape index (κ3) is 2.85. The van der Waals surface area contributed by atoms with Crippen LogP contribution in [0.2, 0.25) is 0 Å². The second-order valence-corrected chi connectivity index (χ2v) is 9.23. The number of nitrogens with zero attached hydrogens (tertiary/aromatic N) is 2. The summed E-state index contributed by atoms with van der Waals surface area (Å²) in [6.45, 7) is 2.08. The number of aromatic nitrogens is 1. The summed E-state index contributed by atoms with van der Waals surface area (Å²) in [5, 5.41) is 2.06. The fourth-order valence-electron chi connectivity index (χ4n) is 5.40. The third-order valence-corrected chi connectivity index (χ3v) is 7.12. The molecule has 4 heteroatoms. The van der Waals surface area contributed by atoms with Gasteiger partial charge >= 0.3 is 0 Å². The number of fused-ring (bicyclic) bond motifs is 3. The van der Waals surface area contributed by atoms with E-state index < -0.39 is 0 Å². The highest BCUT2D eigenvalue weighted by Gasteiger charge is 2.33. The van der Waals surface area contributed by atoms with E-state index in [1.165, 1.54) is 5.56 Å². The molecule has 0 atom stereocenters. The van der Waals surface area contributed by atoms with Crippen LogP contribution in [0.1, 0.15) is 31.8 Å². The minimum absolute atomic E-state index is 0.213. The van der Waals surface area contributed by atoms with Gasteiger partial charge in [0.25, 0.3) is 0 Å². The first-order valence-corrected chi connectivity index (χ1v) is 11.9.